The highest BCUT2D eigenvalue weighted by molar-refractivity contribution is 7.89. The zero-order valence-corrected chi connectivity index (χ0v) is 11.5. The van der Waals surface area contributed by atoms with E-state index < -0.39 is 32.7 Å². The molecule has 0 radical (unpaired) electrons. The largest absolute Gasteiger partial charge is 0.392 e. The summed E-state index contributed by atoms with van der Waals surface area (Å²) in [4.78, 5) is -0.760. The smallest absolute Gasteiger partial charge is 0.243 e. The van der Waals surface area contributed by atoms with E-state index in [1.54, 1.807) is 0 Å². The first-order chi connectivity index (χ1) is 8.74. The summed E-state index contributed by atoms with van der Waals surface area (Å²) in [6, 6.07) is 2.91. The number of halogens is 2. The van der Waals surface area contributed by atoms with Crippen molar-refractivity contribution in [3.63, 3.8) is 0 Å². The van der Waals surface area contributed by atoms with Gasteiger partial charge in [-0.15, -0.1) is 0 Å². The number of aliphatic hydroxyl groups is 1. The summed E-state index contributed by atoms with van der Waals surface area (Å²) >= 11 is 0. The molecule has 0 saturated heterocycles. The second kappa shape index (κ2) is 6.40. The Hall–Kier alpha value is -1.05. The number of sulfonamides is 1. The molecule has 0 spiro atoms. The highest BCUT2D eigenvalue weighted by Gasteiger charge is 2.22. The van der Waals surface area contributed by atoms with Crippen LogP contribution in [0.1, 0.15) is 20.3 Å². The fourth-order valence-electron chi connectivity index (χ4n) is 1.60. The molecule has 1 unspecified atom stereocenters. The summed E-state index contributed by atoms with van der Waals surface area (Å²) in [7, 11) is -4.17. The highest BCUT2D eigenvalue weighted by atomic mass is 32.2. The maximum absolute atomic E-state index is 13.4. The molecule has 0 heterocycles. The standard InChI is InChI=1S/C12H17F2NO3S/c1-8(2)6-9(16)7-15-19(17,18)11-5-3-4-10(13)12(11)14/h3-5,8-9,15-16H,6-7H2,1-2H3. The van der Waals surface area contributed by atoms with Gasteiger partial charge in [0.2, 0.25) is 10.0 Å². The van der Waals surface area contributed by atoms with E-state index in [0.29, 0.717) is 6.42 Å². The van der Waals surface area contributed by atoms with Crippen molar-refractivity contribution in [3.8, 4) is 0 Å². The molecule has 0 aliphatic heterocycles. The summed E-state index contributed by atoms with van der Waals surface area (Å²) in [6.07, 6.45) is -0.458. The van der Waals surface area contributed by atoms with Crippen LogP contribution in [0.25, 0.3) is 0 Å². The molecule has 1 aromatic carbocycles. The van der Waals surface area contributed by atoms with Crippen LogP contribution in [0.15, 0.2) is 23.1 Å². The summed E-state index contributed by atoms with van der Waals surface area (Å²) < 4.78 is 51.9. The molecule has 1 aromatic rings. The Morgan fingerprint density at radius 3 is 2.53 bits per heavy atom. The Bertz CT molecular complexity index is 532. The van der Waals surface area contributed by atoms with Gasteiger partial charge in [-0.05, 0) is 24.5 Å². The van der Waals surface area contributed by atoms with Crippen molar-refractivity contribution in [2.24, 2.45) is 5.92 Å². The van der Waals surface area contributed by atoms with E-state index in [1.165, 1.54) is 0 Å². The number of hydrogen-bond acceptors (Lipinski definition) is 3. The van der Waals surface area contributed by atoms with Gasteiger partial charge in [0, 0.05) is 6.54 Å². The maximum atomic E-state index is 13.4. The minimum atomic E-state index is -4.17. The molecule has 0 aliphatic rings. The van der Waals surface area contributed by atoms with Crippen molar-refractivity contribution in [2.45, 2.75) is 31.3 Å². The second-order valence-corrected chi connectivity index (χ2v) is 6.42. The van der Waals surface area contributed by atoms with Gasteiger partial charge in [-0.1, -0.05) is 19.9 Å². The first-order valence-corrected chi connectivity index (χ1v) is 7.34. The SMILES string of the molecule is CC(C)CC(O)CNS(=O)(=O)c1cccc(F)c1F. The van der Waals surface area contributed by atoms with E-state index in [0.717, 1.165) is 18.2 Å². The Balaban J connectivity index is 2.79. The minimum Gasteiger partial charge on any atom is -0.392 e. The fraction of sp³-hybridized carbons (Fsp3) is 0.500. The number of aliphatic hydroxyl groups excluding tert-OH is 1. The molecule has 0 aromatic heterocycles. The fourth-order valence-corrected chi connectivity index (χ4v) is 2.76. The molecular weight excluding hydrogens is 276 g/mol. The number of nitrogens with one attached hydrogen (secondary N) is 1. The maximum Gasteiger partial charge on any atom is 0.243 e. The predicted octanol–water partition coefficient (Wildman–Crippen LogP) is 1.65. The van der Waals surface area contributed by atoms with E-state index in [2.05, 4.69) is 4.72 Å². The van der Waals surface area contributed by atoms with Gasteiger partial charge >= 0.3 is 0 Å². The van der Waals surface area contributed by atoms with E-state index in [-0.39, 0.29) is 12.5 Å². The highest BCUT2D eigenvalue weighted by Crippen LogP contribution is 2.16. The van der Waals surface area contributed by atoms with Crippen LogP contribution < -0.4 is 4.72 Å². The Morgan fingerprint density at radius 2 is 1.95 bits per heavy atom. The molecule has 7 heteroatoms. The molecule has 0 aliphatic carbocycles. The first-order valence-electron chi connectivity index (χ1n) is 5.85. The topological polar surface area (TPSA) is 66.4 Å². The van der Waals surface area contributed by atoms with Gasteiger partial charge in [0.15, 0.2) is 11.6 Å². The molecule has 0 fully saturated rings. The van der Waals surface area contributed by atoms with Gasteiger partial charge in [0.1, 0.15) is 4.90 Å². The van der Waals surface area contributed by atoms with Gasteiger partial charge in [-0.25, -0.2) is 21.9 Å². The minimum absolute atomic E-state index is 0.199. The van der Waals surface area contributed by atoms with Gasteiger partial charge in [-0.3, -0.25) is 0 Å². The Morgan fingerprint density at radius 1 is 1.32 bits per heavy atom. The van der Waals surface area contributed by atoms with Crippen LogP contribution in [0.4, 0.5) is 8.78 Å². The lowest BCUT2D eigenvalue weighted by Gasteiger charge is -2.14. The summed E-state index contributed by atoms with van der Waals surface area (Å²) in [5.41, 5.74) is 0. The monoisotopic (exact) mass is 293 g/mol. The molecule has 0 bridgehead atoms. The van der Waals surface area contributed by atoms with E-state index in [9.17, 15) is 22.3 Å². The van der Waals surface area contributed by atoms with E-state index in [1.807, 2.05) is 13.8 Å². The molecule has 0 amide bonds. The lowest BCUT2D eigenvalue weighted by Crippen LogP contribution is -2.33. The van der Waals surface area contributed by atoms with Crippen LogP contribution >= 0.6 is 0 Å². The van der Waals surface area contributed by atoms with Crippen molar-refractivity contribution in [2.75, 3.05) is 6.54 Å². The summed E-state index contributed by atoms with van der Waals surface area (Å²) in [6.45, 7) is 3.52. The number of hydrogen-bond donors (Lipinski definition) is 2. The predicted molar refractivity (Wildman–Crippen MR) is 67.0 cm³/mol. The quantitative estimate of drug-likeness (QED) is 0.838. The normalized spacial score (nSPS) is 13.8. The molecule has 2 N–H and O–H groups in total. The lowest BCUT2D eigenvalue weighted by atomic mass is 10.1. The van der Waals surface area contributed by atoms with Crippen LogP contribution in [-0.2, 0) is 10.0 Å². The van der Waals surface area contributed by atoms with Gasteiger partial charge in [0.25, 0.3) is 0 Å². The zero-order chi connectivity index (χ0) is 14.6. The third-order valence-electron chi connectivity index (χ3n) is 2.46. The second-order valence-electron chi connectivity index (χ2n) is 4.69. The van der Waals surface area contributed by atoms with E-state index in [4.69, 9.17) is 0 Å². The first kappa shape index (κ1) is 16.0. The average molecular weight is 293 g/mol. The van der Waals surface area contributed by atoms with Crippen LogP contribution in [0.5, 0.6) is 0 Å². The van der Waals surface area contributed by atoms with Crippen LogP contribution in [-0.4, -0.2) is 26.2 Å². The molecule has 0 saturated carbocycles. The average Bonchev–Trinajstić information content (AvgIpc) is 2.29. The van der Waals surface area contributed by atoms with Gasteiger partial charge < -0.3 is 5.11 Å². The third-order valence-corrected chi connectivity index (χ3v) is 3.90. The van der Waals surface area contributed by atoms with Crippen molar-refractivity contribution in [1.82, 2.24) is 4.72 Å². The summed E-state index contributed by atoms with van der Waals surface area (Å²) in [5, 5.41) is 9.56. The Labute approximate surface area is 111 Å². The zero-order valence-electron chi connectivity index (χ0n) is 10.7. The summed E-state index contributed by atoms with van der Waals surface area (Å²) in [5.74, 6) is -2.45. The Kier molecular flexibility index (Phi) is 5.39. The lowest BCUT2D eigenvalue weighted by molar-refractivity contribution is 0.152. The van der Waals surface area contributed by atoms with Crippen molar-refractivity contribution in [1.29, 1.82) is 0 Å². The molecule has 108 valence electrons. The van der Waals surface area contributed by atoms with Crippen molar-refractivity contribution in [3.05, 3.63) is 29.8 Å². The number of benzene rings is 1. The molecule has 19 heavy (non-hydrogen) atoms. The molecule has 1 atom stereocenters. The molecule has 4 nitrogen and oxygen atoms in total. The van der Waals surface area contributed by atoms with Crippen LogP contribution in [0.3, 0.4) is 0 Å². The number of rotatable bonds is 6. The van der Waals surface area contributed by atoms with Crippen LogP contribution in [0, 0.1) is 17.6 Å². The van der Waals surface area contributed by atoms with Crippen molar-refractivity contribution < 1.29 is 22.3 Å². The van der Waals surface area contributed by atoms with E-state index >= 15 is 0 Å². The van der Waals surface area contributed by atoms with Gasteiger partial charge in [0.05, 0.1) is 6.10 Å². The van der Waals surface area contributed by atoms with Crippen molar-refractivity contribution >= 4 is 10.0 Å². The molecular formula is C12H17F2NO3S. The van der Waals surface area contributed by atoms with Gasteiger partial charge in [-0.2, -0.15) is 0 Å². The molecule has 1 rings (SSSR count). The van der Waals surface area contributed by atoms with Crippen LogP contribution in [0.2, 0.25) is 0 Å². The third kappa shape index (κ3) is 4.52.